The third kappa shape index (κ3) is 1.69. The van der Waals surface area contributed by atoms with E-state index in [0.29, 0.717) is 0 Å². The molecule has 3 rings (SSSR count). The molecule has 86 valence electrons. The van der Waals surface area contributed by atoms with Crippen molar-refractivity contribution in [3.63, 3.8) is 0 Å². The van der Waals surface area contributed by atoms with Crippen LogP contribution in [0.25, 0.3) is 11.3 Å². The molecule has 1 aromatic heterocycles. The zero-order valence-corrected chi connectivity index (χ0v) is 9.07. The molecule has 0 bridgehead atoms. The predicted octanol–water partition coefficient (Wildman–Crippen LogP) is 1.83. The summed E-state index contributed by atoms with van der Waals surface area (Å²) in [4.78, 5) is 8.34. The van der Waals surface area contributed by atoms with Crippen molar-refractivity contribution >= 4 is 11.8 Å². The van der Waals surface area contributed by atoms with Crippen molar-refractivity contribution in [3.05, 3.63) is 35.6 Å². The van der Waals surface area contributed by atoms with Crippen molar-refractivity contribution in [3.8, 4) is 11.3 Å². The minimum Gasteiger partial charge on any atom is -0.369 e. The van der Waals surface area contributed by atoms with Gasteiger partial charge in [-0.2, -0.15) is 4.98 Å². The van der Waals surface area contributed by atoms with Gasteiger partial charge in [-0.25, -0.2) is 9.37 Å². The molecule has 0 unspecified atom stereocenters. The third-order valence-electron chi connectivity index (χ3n) is 2.79. The van der Waals surface area contributed by atoms with E-state index in [2.05, 4.69) is 15.3 Å². The number of halogens is 1. The van der Waals surface area contributed by atoms with Crippen LogP contribution >= 0.6 is 0 Å². The number of benzene rings is 1. The molecule has 1 aliphatic heterocycles. The highest BCUT2D eigenvalue weighted by Gasteiger charge is 2.19. The van der Waals surface area contributed by atoms with Gasteiger partial charge in [0, 0.05) is 17.7 Å². The maximum absolute atomic E-state index is 13.2. The second-order valence-corrected chi connectivity index (χ2v) is 3.94. The normalized spacial score (nSPS) is 13.2. The molecule has 0 spiro atoms. The van der Waals surface area contributed by atoms with Gasteiger partial charge in [-0.3, -0.25) is 0 Å². The first-order valence-electron chi connectivity index (χ1n) is 5.40. The average molecular weight is 230 g/mol. The number of nitrogens with zero attached hydrogens (tertiary/aromatic N) is 2. The number of rotatable bonds is 1. The summed E-state index contributed by atoms with van der Waals surface area (Å²) in [7, 11) is 0. The lowest BCUT2D eigenvalue weighted by Gasteiger charge is -2.07. The molecule has 0 fully saturated rings. The van der Waals surface area contributed by atoms with E-state index in [1.165, 1.54) is 12.1 Å². The Balaban J connectivity index is 2.21. The molecular weight excluding hydrogens is 219 g/mol. The quantitative estimate of drug-likeness (QED) is 0.784. The Morgan fingerprint density at radius 3 is 3.00 bits per heavy atom. The molecule has 5 heteroatoms. The molecule has 1 aliphatic rings. The van der Waals surface area contributed by atoms with E-state index in [-0.39, 0.29) is 11.8 Å². The second kappa shape index (κ2) is 3.69. The van der Waals surface area contributed by atoms with Crippen molar-refractivity contribution in [2.24, 2.45) is 0 Å². The van der Waals surface area contributed by atoms with Crippen LogP contribution in [0.15, 0.2) is 24.3 Å². The van der Waals surface area contributed by atoms with E-state index in [4.69, 9.17) is 5.73 Å². The molecule has 1 aromatic carbocycles. The lowest BCUT2D eigenvalue weighted by atomic mass is 10.1. The van der Waals surface area contributed by atoms with Gasteiger partial charge in [0.2, 0.25) is 5.95 Å². The smallest absolute Gasteiger partial charge is 0.222 e. The SMILES string of the molecule is Nc1nc2c(c(-c3cccc(F)c3)n1)CCN2. The number of hydrogen-bond donors (Lipinski definition) is 2. The van der Waals surface area contributed by atoms with Crippen LogP contribution in [0.4, 0.5) is 16.2 Å². The molecule has 4 nitrogen and oxygen atoms in total. The van der Waals surface area contributed by atoms with Gasteiger partial charge in [0.05, 0.1) is 5.69 Å². The van der Waals surface area contributed by atoms with Crippen molar-refractivity contribution in [1.82, 2.24) is 9.97 Å². The van der Waals surface area contributed by atoms with Crippen LogP contribution < -0.4 is 11.1 Å². The topological polar surface area (TPSA) is 63.8 Å². The van der Waals surface area contributed by atoms with E-state index in [9.17, 15) is 4.39 Å². The fourth-order valence-electron chi connectivity index (χ4n) is 2.06. The fourth-order valence-corrected chi connectivity index (χ4v) is 2.06. The predicted molar refractivity (Wildman–Crippen MR) is 64.0 cm³/mol. The standard InChI is InChI=1S/C12H11FN4/c13-8-3-1-2-7(6-8)10-9-4-5-15-11(9)17-12(14)16-10/h1-3,6H,4-5H2,(H3,14,15,16,17). The van der Waals surface area contributed by atoms with Gasteiger partial charge < -0.3 is 11.1 Å². The molecule has 3 N–H and O–H groups in total. The monoisotopic (exact) mass is 230 g/mol. The zero-order chi connectivity index (χ0) is 11.8. The summed E-state index contributed by atoms with van der Waals surface area (Å²) in [6.45, 7) is 0.815. The number of hydrogen-bond acceptors (Lipinski definition) is 4. The van der Waals surface area contributed by atoms with Crippen molar-refractivity contribution in [1.29, 1.82) is 0 Å². The Kier molecular flexibility index (Phi) is 2.18. The number of aromatic nitrogens is 2. The van der Waals surface area contributed by atoms with Crippen LogP contribution in [0.3, 0.4) is 0 Å². The fraction of sp³-hybridized carbons (Fsp3) is 0.167. The van der Waals surface area contributed by atoms with Crippen LogP contribution in [0.2, 0.25) is 0 Å². The van der Waals surface area contributed by atoms with Crippen molar-refractivity contribution < 1.29 is 4.39 Å². The van der Waals surface area contributed by atoms with Crippen LogP contribution in [0, 0.1) is 5.82 Å². The lowest BCUT2D eigenvalue weighted by molar-refractivity contribution is 0.628. The molecule has 2 heterocycles. The van der Waals surface area contributed by atoms with Crippen LogP contribution in [-0.4, -0.2) is 16.5 Å². The first-order chi connectivity index (χ1) is 8.24. The lowest BCUT2D eigenvalue weighted by Crippen LogP contribution is -2.01. The number of nitrogen functional groups attached to an aromatic ring is 1. The molecule has 2 aromatic rings. The summed E-state index contributed by atoms with van der Waals surface area (Å²) in [5, 5.41) is 3.14. The van der Waals surface area contributed by atoms with E-state index in [1.807, 2.05) is 6.07 Å². The van der Waals surface area contributed by atoms with Crippen LogP contribution in [-0.2, 0) is 6.42 Å². The molecule has 0 atom stereocenters. The summed E-state index contributed by atoms with van der Waals surface area (Å²) in [5.41, 5.74) is 8.11. The molecule has 0 amide bonds. The van der Waals surface area contributed by atoms with Gasteiger partial charge in [-0.05, 0) is 18.6 Å². The van der Waals surface area contributed by atoms with Crippen LogP contribution in [0.1, 0.15) is 5.56 Å². The summed E-state index contributed by atoms with van der Waals surface area (Å²) in [6, 6.07) is 6.36. The highest BCUT2D eigenvalue weighted by atomic mass is 19.1. The minimum atomic E-state index is -0.278. The van der Waals surface area contributed by atoms with Gasteiger partial charge in [-0.15, -0.1) is 0 Å². The third-order valence-corrected chi connectivity index (χ3v) is 2.79. The van der Waals surface area contributed by atoms with Gasteiger partial charge >= 0.3 is 0 Å². The Morgan fingerprint density at radius 2 is 2.18 bits per heavy atom. The molecule has 0 saturated heterocycles. The number of fused-ring (bicyclic) bond motifs is 1. The van der Waals surface area contributed by atoms with Crippen LogP contribution in [0.5, 0.6) is 0 Å². The summed E-state index contributed by atoms with van der Waals surface area (Å²) >= 11 is 0. The number of nitrogens with two attached hydrogens (primary N) is 1. The van der Waals surface area contributed by atoms with Gasteiger partial charge in [0.25, 0.3) is 0 Å². The largest absolute Gasteiger partial charge is 0.369 e. The van der Waals surface area contributed by atoms with E-state index in [0.717, 1.165) is 35.6 Å². The first kappa shape index (κ1) is 10.0. The van der Waals surface area contributed by atoms with E-state index in [1.54, 1.807) is 6.07 Å². The van der Waals surface area contributed by atoms with E-state index >= 15 is 0 Å². The molecule has 0 aliphatic carbocycles. The van der Waals surface area contributed by atoms with Crippen molar-refractivity contribution in [2.45, 2.75) is 6.42 Å². The maximum Gasteiger partial charge on any atom is 0.222 e. The summed E-state index contributed by atoms with van der Waals surface area (Å²) in [6.07, 6.45) is 0.835. The highest BCUT2D eigenvalue weighted by molar-refractivity contribution is 5.71. The first-order valence-corrected chi connectivity index (χ1v) is 5.40. The minimum absolute atomic E-state index is 0.206. The van der Waals surface area contributed by atoms with Gasteiger partial charge in [0.15, 0.2) is 0 Å². The number of nitrogens with one attached hydrogen (secondary N) is 1. The Bertz CT molecular complexity index is 583. The van der Waals surface area contributed by atoms with Crippen molar-refractivity contribution in [2.75, 3.05) is 17.6 Å². The molecular formula is C12H11FN4. The highest BCUT2D eigenvalue weighted by Crippen LogP contribution is 2.30. The second-order valence-electron chi connectivity index (χ2n) is 3.94. The average Bonchev–Trinajstić information content (AvgIpc) is 2.75. The molecule has 0 saturated carbocycles. The van der Waals surface area contributed by atoms with Gasteiger partial charge in [0.1, 0.15) is 11.6 Å². The summed E-state index contributed by atoms with van der Waals surface area (Å²) in [5.74, 6) is 0.688. The van der Waals surface area contributed by atoms with Gasteiger partial charge in [-0.1, -0.05) is 12.1 Å². The zero-order valence-electron chi connectivity index (χ0n) is 9.07. The Labute approximate surface area is 97.7 Å². The Morgan fingerprint density at radius 1 is 1.29 bits per heavy atom. The summed E-state index contributed by atoms with van der Waals surface area (Å²) < 4.78 is 13.2. The number of anilines is 2. The Hall–Kier alpha value is -2.17. The molecule has 17 heavy (non-hydrogen) atoms. The van der Waals surface area contributed by atoms with E-state index < -0.39 is 0 Å². The maximum atomic E-state index is 13.2. The molecule has 0 radical (unpaired) electrons.